The Labute approximate surface area is 220 Å². The van der Waals surface area contributed by atoms with Gasteiger partial charge in [0.15, 0.2) is 0 Å². The van der Waals surface area contributed by atoms with Crippen molar-refractivity contribution in [2.24, 2.45) is 5.84 Å². The predicted octanol–water partition coefficient (Wildman–Crippen LogP) is 6.55. The van der Waals surface area contributed by atoms with Crippen molar-refractivity contribution >= 4 is 29.0 Å². The number of anilines is 2. The van der Waals surface area contributed by atoms with E-state index >= 15 is 0 Å². The van der Waals surface area contributed by atoms with Crippen LogP contribution >= 0.6 is 11.3 Å². The van der Waals surface area contributed by atoms with Crippen LogP contribution in [0.1, 0.15) is 63.5 Å². The van der Waals surface area contributed by atoms with Gasteiger partial charge in [-0.05, 0) is 66.2 Å². The van der Waals surface area contributed by atoms with E-state index in [1.54, 1.807) is 30.5 Å². The molecule has 3 aromatic rings. The number of rotatable bonds is 8. The van der Waals surface area contributed by atoms with Crippen LogP contribution in [0.15, 0.2) is 66.2 Å². The number of benzene rings is 2. The maximum absolute atomic E-state index is 12.4. The van der Waals surface area contributed by atoms with Gasteiger partial charge in [-0.15, -0.1) is 11.3 Å². The smallest absolute Gasteiger partial charge is 0.130 e. The number of allylic oxidation sites excluding steroid dienone is 1. The number of hydrogen-bond donors (Lipinski definition) is 3. The third-order valence-electron chi connectivity index (χ3n) is 5.46. The van der Waals surface area contributed by atoms with Gasteiger partial charge in [0.2, 0.25) is 0 Å². The standard InChI is InChI=1S/C25H27N5OS.2C2H6/c1-16(2)29-25(3,21(14-31)19-8-9-23(30(4)28)22(27)11-19)24-12-20(15-32-24)18-7-5-6-17(10-18)13-26;2*1-2/h5-12,14-15,21,29H,1,27-28H2,2-4H3;2*1-2H3. The van der Waals surface area contributed by atoms with E-state index in [2.05, 4.69) is 24.0 Å². The molecule has 6 nitrogen and oxygen atoms in total. The maximum atomic E-state index is 12.4. The Morgan fingerprint density at radius 3 is 2.36 bits per heavy atom. The van der Waals surface area contributed by atoms with Gasteiger partial charge in [-0.2, -0.15) is 5.26 Å². The molecule has 5 N–H and O–H groups in total. The summed E-state index contributed by atoms with van der Waals surface area (Å²) in [6.07, 6.45) is 0.937. The molecule has 1 aromatic heterocycles. The average Bonchev–Trinajstić information content (AvgIpc) is 3.38. The zero-order valence-electron chi connectivity index (χ0n) is 22.4. The van der Waals surface area contributed by atoms with Crippen LogP contribution in [-0.2, 0) is 10.3 Å². The normalized spacial score (nSPS) is 12.3. The third-order valence-corrected chi connectivity index (χ3v) is 6.63. The van der Waals surface area contributed by atoms with Gasteiger partial charge in [0.25, 0.3) is 0 Å². The molecule has 0 amide bonds. The summed E-state index contributed by atoms with van der Waals surface area (Å²) in [5, 5.41) is 16.1. The molecule has 0 saturated carbocycles. The Morgan fingerprint density at radius 1 is 1.17 bits per heavy atom. The SMILES string of the molecule is C=C(C)NC(C)(c1cc(-c2cccc(C#N)c2)cs1)C(C=O)c1ccc(N(C)N)c(N)c1.CC.CC. The van der Waals surface area contributed by atoms with Crippen LogP contribution in [0.4, 0.5) is 11.4 Å². The molecule has 0 aliphatic heterocycles. The average molecular weight is 506 g/mol. The number of carbonyl (C=O) groups is 1. The lowest BCUT2D eigenvalue weighted by molar-refractivity contribution is -0.110. The van der Waals surface area contributed by atoms with Gasteiger partial charge in [0.05, 0.1) is 34.5 Å². The summed E-state index contributed by atoms with van der Waals surface area (Å²) in [6, 6.07) is 17.2. The number of nitriles is 1. The monoisotopic (exact) mass is 505 g/mol. The van der Waals surface area contributed by atoms with Gasteiger partial charge in [0, 0.05) is 17.6 Å². The van der Waals surface area contributed by atoms with Crippen molar-refractivity contribution < 1.29 is 4.79 Å². The highest BCUT2D eigenvalue weighted by molar-refractivity contribution is 7.10. The number of nitrogens with one attached hydrogen (secondary N) is 1. The highest BCUT2D eigenvalue weighted by Gasteiger charge is 2.38. The lowest BCUT2D eigenvalue weighted by atomic mass is 9.79. The lowest BCUT2D eigenvalue weighted by Gasteiger charge is -2.36. The topological polar surface area (TPSA) is 108 Å². The number of nitrogens with two attached hydrogens (primary N) is 2. The van der Waals surface area contributed by atoms with Crippen LogP contribution in [-0.4, -0.2) is 13.3 Å². The van der Waals surface area contributed by atoms with E-state index in [1.165, 1.54) is 5.01 Å². The Kier molecular flexibility index (Phi) is 11.9. The Hall–Kier alpha value is -3.60. The molecule has 2 atom stereocenters. The van der Waals surface area contributed by atoms with E-state index < -0.39 is 11.5 Å². The van der Waals surface area contributed by atoms with Gasteiger partial charge < -0.3 is 20.9 Å². The van der Waals surface area contributed by atoms with Gasteiger partial charge in [-0.1, -0.05) is 52.5 Å². The third kappa shape index (κ3) is 6.97. The molecular formula is C29H39N5OS. The van der Waals surface area contributed by atoms with E-state index in [4.69, 9.17) is 11.6 Å². The summed E-state index contributed by atoms with van der Waals surface area (Å²) in [6.45, 7) is 15.9. The largest absolute Gasteiger partial charge is 0.397 e. The summed E-state index contributed by atoms with van der Waals surface area (Å²) in [5.41, 5.74) is 10.7. The molecule has 1 heterocycles. The number of hydrogen-bond acceptors (Lipinski definition) is 7. The summed E-state index contributed by atoms with van der Waals surface area (Å²) in [7, 11) is 1.71. The Balaban J connectivity index is 0.00000154. The molecule has 36 heavy (non-hydrogen) atoms. The van der Waals surface area contributed by atoms with Crippen LogP contribution in [0, 0.1) is 11.3 Å². The van der Waals surface area contributed by atoms with Crippen LogP contribution in [0.2, 0.25) is 0 Å². The molecule has 7 heteroatoms. The number of thiophene rings is 1. The minimum absolute atomic E-state index is 0.497. The van der Waals surface area contributed by atoms with E-state index in [0.29, 0.717) is 16.9 Å². The summed E-state index contributed by atoms with van der Waals surface area (Å²) in [5.74, 6) is 5.30. The molecule has 0 radical (unpaired) electrons. The lowest BCUT2D eigenvalue weighted by Crippen LogP contribution is -2.44. The Morgan fingerprint density at radius 2 is 1.83 bits per heavy atom. The fraction of sp³-hybridized carbons (Fsp3) is 0.310. The first-order valence-electron chi connectivity index (χ1n) is 12.1. The van der Waals surface area contributed by atoms with Crippen molar-refractivity contribution in [3.8, 4) is 17.2 Å². The predicted molar refractivity (Wildman–Crippen MR) is 155 cm³/mol. The molecule has 0 spiro atoms. The molecule has 0 aliphatic rings. The zero-order chi connectivity index (χ0) is 27.5. The molecule has 0 saturated heterocycles. The number of nitrogens with zero attached hydrogens (tertiary/aromatic N) is 2. The second-order valence-electron chi connectivity index (χ2n) is 8.04. The highest BCUT2D eigenvalue weighted by atomic mass is 32.1. The van der Waals surface area contributed by atoms with Crippen LogP contribution < -0.4 is 21.9 Å². The van der Waals surface area contributed by atoms with Crippen molar-refractivity contribution in [1.29, 1.82) is 5.26 Å². The van der Waals surface area contributed by atoms with E-state index in [1.807, 2.05) is 77.3 Å². The number of aldehydes is 1. The van der Waals surface area contributed by atoms with Crippen molar-refractivity contribution in [3.05, 3.63) is 82.2 Å². The van der Waals surface area contributed by atoms with E-state index in [0.717, 1.165) is 33.6 Å². The fourth-order valence-electron chi connectivity index (χ4n) is 3.90. The first kappa shape index (κ1) is 30.4. The molecular weight excluding hydrogens is 466 g/mol. The van der Waals surface area contributed by atoms with Crippen LogP contribution in [0.5, 0.6) is 0 Å². The molecule has 0 bridgehead atoms. The molecule has 192 valence electrons. The molecule has 2 aromatic carbocycles. The van der Waals surface area contributed by atoms with Crippen LogP contribution in [0.25, 0.3) is 11.1 Å². The Bertz CT molecular complexity index is 1190. The summed E-state index contributed by atoms with van der Waals surface area (Å²) < 4.78 is 0. The minimum Gasteiger partial charge on any atom is -0.397 e. The number of carbonyl (C=O) groups excluding carboxylic acids is 1. The molecule has 2 unspecified atom stereocenters. The van der Waals surface area contributed by atoms with Crippen molar-refractivity contribution in [2.75, 3.05) is 17.8 Å². The van der Waals surface area contributed by atoms with E-state index in [-0.39, 0.29) is 0 Å². The maximum Gasteiger partial charge on any atom is 0.130 e. The van der Waals surface area contributed by atoms with Crippen molar-refractivity contribution in [1.82, 2.24) is 5.32 Å². The summed E-state index contributed by atoms with van der Waals surface area (Å²) in [4.78, 5) is 13.4. The fourth-order valence-corrected chi connectivity index (χ4v) is 4.98. The first-order valence-corrected chi connectivity index (χ1v) is 12.9. The molecule has 0 fully saturated rings. The number of hydrazine groups is 1. The first-order chi connectivity index (χ1) is 17.2. The second-order valence-corrected chi connectivity index (χ2v) is 8.95. The molecule has 3 rings (SSSR count). The second kappa shape index (κ2) is 14.1. The minimum atomic E-state index is -0.758. The molecule has 0 aliphatic carbocycles. The highest BCUT2D eigenvalue weighted by Crippen LogP contribution is 2.42. The van der Waals surface area contributed by atoms with Crippen molar-refractivity contribution in [3.63, 3.8) is 0 Å². The van der Waals surface area contributed by atoms with Gasteiger partial charge in [-0.3, -0.25) is 0 Å². The zero-order valence-corrected chi connectivity index (χ0v) is 23.2. The quantitative estimate of drug-likeness (QED) is 0.139. The van der Waals surface area contributed by atoms with Gasteiger partial charge >= 0.3 is 0 Å². The van der Waals surface area contributed by atoms with E-state index in [9.17, 15) is 10.1 Å². The van der Waals surface area contributed by atoms with Crippen LogP contribution in [0.3, 0.4) is 0 Å². The summed E-state index contributed by atoms with van der Waals surface area (Å²) >= 11 is 1.55. The van der Waals surface area contributed by atoms with Gasteiger partial charge in [-0.25, -0.2) is 5.84 Å². The number of nitrogen functional groups attached to an aromatic ring is 1. The van der Waals surface area contributed by atoms with Gasteiger partial charge in [0.1, 0.15) is 6.29 Å². The van der Waals surface area contributed by atoms with Crippen molar-refractivity contribution in [2.45, 2.75) is 53.0 Å².